The van der Waals surface area contributed by atoms with Gasteiger partial charge in [0.1, 0.15) is 0 Å². The molecule has 0 radical (unpaired) electrons. The minimum Gasteiger partial charge on any atom is -0.320 e. The maximum atomic E-state index is 6.15. The Morgan fingerprint density at radius 1 is 0.882 bits per heavy atom. The van der Waals surface area contributed by atoms with E-state index in [-0.39, 0.29) is 6.04 Å². The van der Waals surface area contributed by atoms with Gasteiger partial charge in [-0.15, -0.1) is 0 Å². The van der Waals surface area contributed by atoms with Crippen molar-refractivity contribution in [3.8, 4) is 0 Å². The first-order valence-electron chi connectivity index (χ1n) is 5.04. The average Bonchev–Trinajstić information content (AvgIpc) is 2.28. The summed E-state index contributed by atoms with van der Waals surface area (Å²) in [6.45, 7) is 0. The summed E-state index contributed by atoms with van der Waals surface area (Å²) in [6, 6.07) is 12.4. The Morgan fingerprint density at radius 3 is 2.24 bits per heavy atom. The maximum Gasteiger partial charge on any atom is 0.0566 e. The molecule has 1 nitrogen and oxygen atoms in total. The second kappa shape index (κ2) is 5.28. The molecule has 2 aromatic rings. The molecule has 2 N–H and O–H groups in total. The molecule has 0 aliphatic heterocycles. The van der Waals surface area contributed by atoms with Crippen LogP contribution in [0.15, 0.2) is 42.5 Å². The highest BCUT2D eigenvalue weighted by Gasteiger charge is 2.12. The van der Waals surface area contributed by atoms with Crippen LogP contribution in [0.3, 0.4) is 0 Å². The third-order valence-electron chi connectivity index (χ3n) is 2.51. The molecule has 1 unspecified atom stereocenters. The topological polar surface area (TPSA) is 26.0 Å². The molecule has 0 aliphatic rings. The second-order valence-electron chi connectivity index (χ2n) is 3.70. The molecule has 0 bridgehead atoms. The summed E-state index contributed by atoms with van der Waals surface area (Å²) in [5.74, 6) is 0. The Morgan fingerprint density at radius 2 is 1.59 bits per heavy atom. The predicted octanol–water partition coefficient (Wildman–Crippen LogP) is 4.69. The Labute approximate surface area is 115 Å². The van der Waals surface area contributed by atoms with Gasteiger partial charge in [0.2, 0.25) is 0 Å². The number of hydrogen-bond acceptors (Lipinski definition) is 1. The lowest BCUT2D eigenvalue weighted by Gasteiger charge is -2.14. The molecule has 0 heterocycles. The van der Waals surface area contributed by atoms with Gasteiger partial charge in [-0.05, 0) is 35.4 Å². The van der Waals surface area contributed by atoms with E-state index in [1.165, 1.54) is 0 Å². The van der Waals surface area contributed by atoms with Crippen LogP contribution < -0.4 is 5.73 Å². The quantitative estimate of drug-likeness (QED) is 0.851. The lowest BCUT2D eigenvalue weighted by Crippen LogP contribution is -2.12. The maximum absolute atomic E-state index is 6.15. The number of halogens is 3. The van der Waals surface area contributed by atoms with E-state index in [0.29, 0.717) is 15.1 Å². The highest BCUT2D eigenvalue weighted by Crippen LogP contribution is 2.29. The summed E-state index contributed by atoms with van der Waals surface area (Å²) in [6.07, 6.45) is 0. The Balaban J connectivity index is 2.40. The van der Waals surface area contributed by atoms with Crippen LogP contribution in [0, 0.1) is 0 Å². The van der Waals surface area contributed by atoms with E-state index < -0.39 is 0 Å². The van der Waals surface area contributed by atoms with Gasteiger partial charge in [0.05, 0.1) is 6.04 Å². The number of rotatable bonds is 2. The van der Waals surface area contributed by atoms with Crippen LogP contribution in [0.2, 0.25) is 15.1 Å². The molecule has 4 heteroatoms. The molecule has 2 aromatic carbocycles. The third kappa shape index (κ3) is 2.93. The van der Waals surface area contributed by atoms with Crippen molar-refractivity contribution < 1.29 is 0 Å². The molecule has 0 saturated heterocycles. The van der Waals surface area contributed by atoms with Crippen molar-refractivity contribution in [1.82, 2.24) is 0 Å². The monoisotopic (exact) mass is 285 g/mol. The van der Waals surface area contributed by atoms with Crippen LogP contribution in [0.1, 0.15) is 17.2 Å². The molecule has 2 rings (SSSR count). The van der Waals surface area contributed by atoms with Gasteiger partial charge in [0.25, 0.3) is 0 Å². The van der Waals surface area contributed by atoms with Crippen LogP contribution in [-0.4, -0.2) is 0 Å². The zero-order valence-electron chi connectivity index (χ0n) is 8.83. The number of benzene rings is 2. The minimum absolute atomic E-state index is 0.307. The van der Waals surface area contributed by atoms with E-state index in [1.807, 2.05) is 24.3 Å². The fraction of sp³-hybridized carbons (Fsp3) is 0.0769. The molecule has 1 atom stereocenters. The highest BCUT2D eigenvalue weighted by atomic mass is 35.5. The van der Waals surface area contributed by atoms with E-state index in [0.717, 1.165) is 11.1 Å². The molecule has 88 valence electrons. The van der Waals surface area contributed by atoms with Crippen molar-refractivity contribution in [1.29, 1.82) is 0 Å². The summed E-state index contributed by atoms with van der Waals surface area (Å²) in [5, 5.41) is 1.81. The van der Waals surface area contributed by atoms with Gasteiger partial charge >= 0.3 is 0 Å². The summed E-state index contributed by atoms with van der Waals surface area (Å²) in [7, 11) is 0. The molecule has 0 fully saturated rings. The first-order valence-corrected chi connectivity index (χ1v) is 6.17. The number of nitrogens with two attached hydrogens (primary N) is 1. The summed E-state index contributed by atoms with van der Waals surface area (Å²) < 4.78 is 0. The van der Waals surface area contributed by atoms with Gasteiger partial charge in [-0.2, -0.15) is 0 Å². The van der Waals surface area contributed by atoms with Crippen LogP contribution in [0.4, 0.5) is 0 Å². The van der Waals surface area contributed by atoms with Crippen molar-refractivity contribution >= 4 is 34.8 Å². The Bertz CT molecular complexity index is 540. The molecular weight excluding hydrogens is 277 g/mol. The van der Waals surface area contributed by atoms with Crippen LogP contribution in [0.25, 0.3) is 0 Å². The van der Waals surface area contributed by atoms with E-state index in [4.69, 9.17) is 40.5 Å². The first-order chi connectivity index (χ1) is 8.08. The summed E-state index contributed by atoms with van der Waals surface area (Å²) in [4.78, 5) is 0. The van der Waals surface area contributed by atoms with Crippen LogP contribution >= 0.6 is 34.8 Å². The third-order valence-corrected chi connectivity index (χ3v) is 3.30. The van der Waals surface area contributed by atoms with Crippen LogP contribution in [-0.2, 0) is 0 Å². The lowest BCUT2D eigenvalue weighted by atomic mass is 10.00. The molecule has 0 saturated carbocycles. The van der Waals surface area contributed by atoms with Crippen LogP contribution in [0.5, 0.6) is 0 Å². The van der Waals surface area contributed by atoms with Gasteiger partial charge < -0.3 is 5.73 Å². The van der Waals surface area contributed by atoms with E-state index in [2.05, 4.69) is 0 Å². The van der Waals surface area contributed by atoms with Crippen molar-refractivity contribution in [3.05, 3.63) is 68.7 Å². The molecule has 0 amide bonds. The number of hydrogen-bond donors (Lipinski definition) is 1. The average molecular weight is 287 g/mol. The van der Waals surface area contributed by atoms with Crippen molar-refractivity contribution in [3.63, 3.8) is 0 Å². The summed E-state index contributed by atoms with van der Waals surface area (Å²) in [5.41, 5.74) is 7.90. The van der Waals surface area contributed by atoms with Gasteiger partial charge in [0, 0.05) is 15.1 Å². The lowest BCUT2D eigenvalue weighted by molar-refractivity contribution is 0.872. The SMILES string of the molecule is NC(c1cccc(Cl)c1)c1ccc(Cl)cc1Cl. The van der Waals surface area contributed by atoms with Gasteiger partial charge in [-0.25, -0.2) is 0 Å². The van der Waals surface area contributed by atoms with Gasteiger partial charge in [-0.3, -0.25) is 0 Å². The zero-order chi connectivity index (χ0) is 12.4. The normalized spacial score (nSPS) is 12.5. The second-order valence-corrected chi connectivity index (χ2v) is 4.98. The molecule has 0 spiro atoms. The first kappa shape index (κ1) is 12.7. The molecule has 0 aliphatic carbocycles. The van der Waals surface area contributed by atoms with Crippen molar-refractivity contribution in [2.24, 2.45) is 5.73 Å². The predicted molar refractivity (Wildman–Crippen MR) is 73.9 cm³/mol. The van der Waals surface area contributed by atoms with Gasteiger partial charge in [0.15, 0.2) is 0 Å². The van der Waals surface area contributed by atoms with E-state index in [1.54, 1.807) is 18.2 Å². The fourth-order valence-corrected chi connectivity index (χ4v) is 2.36. The van der Waals surface area contributed by atoms with E-state index in [9.17, 15) is 0 Å². The van der Waals surface area contributed by atoms with E-state index >= 15 is 0 Å². The standard InChI is InChI=1S/C13H10Cl3N/c14-9-3-1-2-8(6-9)13(17)11-5-4-10(15)7-12(11)16/h1-7,13H,17H2. The smallest absolute Gasteiger partial charge is 0.0566 e. The highest BCUT2D eigenvalue weighted by molar-refractivity contribution is 6.35. The summed E-state index contributed by atoms with van der Waals surface area (Å²) >= 11 is 17.9. The molecule has 17 heavy (non-hydrogen) atoms. The minimum atomic E-state index is -0.307. The molecule has 0 aromatic heterocycles. The largest absolute Gasteiger partial charge is 0.320 e. The Kier molecular flexibility index (Phi) is 3.95. The fourth-order valence-electron chi connectivity index (χ4n) is 1.63. The van der Waals surface area contributed by atoms with Crippen molar-refractivity contribution in [2.45, 2.75) is 6.04 Å². The zero-order valence-corrected chi connectivity index (χ0v) is 11.1. The van der Waals surface area contributed by atoms with Crippen molar-refractivity contribution in [2.75, 3.05) is 0 Å². The van der Waals surface area contributed by atoms with Gasteiger partial charge in [-0.1, -0.05) is 53.0 Å². The molecular formula is C13H10Cl3N. The Hall–Kier alpha value is -0.730.